The number of aromatic nitrogens is 1. The molecule has 1 atom stereocenters. The van der Waals surface area contributed by atoms with Crippen molar-refractivity contribution >= 4 is 26.9 Å². The van der Waals surface area contributed by atoms with Crippen LogP contribution in [0.25, 0.3) is 10.8 Å². The molecule has 2 aromatic rings. The zero-order valence-electron chi connectivity index (χ0n) is 12.8. The molecule has 1 aromatic carbocycles. The third kappa shape index (κ3) is 2.33. The van der Waals surface area contributed by atoms with Crippen LogP contribution in [0, 0.1) is 5.41 Å². The van der Waals surface area contributed by atoms with Crippen molar-refractivity contribution in [3.05, 3.63) is 36.7 Å². The highest BCUT2D eigenvalue weighted by Gasteiger charge is 2.58. The van der Waals surface area contributed by atoms with E-state index in [-0.39, 0.29) is 22.9 Å². The Kier molecular flexibility index (Phi) is 3.29. The van der Waals surface area contributed by atoms with E-state index in [1.165, 1.54) is 4.31 Å². The van der Waals surface area contributed by atoms with E-state index in [1.54, 1.807) is 30.6 Å². The number of amides is 1. The molecule has 1 saturated heterocycles. The van der Waals surface area contributed by atoms with Gasteiger partial charge in [-0.05, 0) is 25.0 Å². The third-order valence-electron chi connectivity index (χ3n) is 5.07. The summed E-state index contributed by atoms with van der Waals surface area (Å²) >= 11 is 0. The minimum Gasteiger partial charge on any atom is -0.465 e. The van der Waals surface area contributed by atoms with Gasteiger partial charge in [0.25, 0.3) is 0 Å². The predicted molar refractivity (Wildman–Crippen MR) is 87.1 cm³/mol. The van der Waals surface area contributed by atoms with Crippen LogP contribution < -0.4 is 5.32 Å². The maximum atomic E-state index is 13.1. The standard InChI is InChI=1S/C16H17N3O4S/c20-15(21)18-14-9-19(10-16(14)5-6-16)24(22,23)13-3-1-2-11-8-17-7-4-12(11)13/h1-4,7-8,14,18H,5-6,9-10H2,(H,20,21). The van der Waals surface area contributed by atoms with Gasteiger partial charge in [0.1, 0.15) is 0 Å². The smallest absolute Gasteiger partial charge is 0.404 e. The van der Waals surface area contributed by atoms with Gasteiger partial charge in [0.05, 0.1) is 10.9 Å². The van der Waals surface area contributed by atoms with E-state index >= 15 is 0 Å². The second kappa shape index (κ2) is 5.15. The molecule has 1 amide bonds. The normalized spacial score (nSPS) is 22.8. The van der Waals surface area contributed by atoms with E-state index in [9.17, 15) is 13.2 Å². The Labute approximate surface area is 139 Å². The van der Waals surface area contributed by atoms with Gasteiger partial charge in [0, 0.05) is 41.7 Å². The Morgan fingerprint density at radius 2 is 2.12 bits per heavy atom. The maximum absolute atomic E-state index is 13.1. The monoisotopic (exact) mass is 347 g/mol. The van der Waals surface area contributed by atoms with Gasteiger partial charge in [0.2, 0.25) is 10.0 Å². The van der Waals surface area contributed by atoms with E-state index in [0.717, 1.165) is 18.2 Å². The molecular formula is C16H17N3O4S. The van der Waals surface area contributed by atoms with Crippen molar-refractivity contribution in [2.75, 3.05) is 13.1 Å². The molecule has 2 fully saturated rings. The molecule has 0 bridgehead atoms. The second-order valence-electron chi connectivity index (χ2n) is 6.51. The zero-order valence-corrected chi connectivity index (χ0v) is 13.7. The second-order valence-corrected chi connectivity index (χ2v) is 8.42. The van der Waals surface area contributed by atoms with Crippen molar-refractivity contribution < 1.29 is 18.3 Å². The van der Waals surface area contributed by atoms with E-state index in [2.05, 4.69) is 10.3 Å². The summed E-state index contributed by atoms with van der Waals surface area (Å²) in [6.45, 7) is 0.540. The van der Waals surface area contributed by atoms with Crippen molar-refractivity contribution in [1.29, 1.82) is 0 Å². The average molecular weight is 347 g/mol. The van der Waals surface area contributed by atoms with Crippen LogP contribution in [0.2, 0.25) is 0 Å². The van der Waals surface area contributed by atoms with Crippen molar-refractivity contribution in [3.8, 4) is 0 Å². The molecule has 4 rings (SSSR count). The molecule has 1 unspecified atom stereocenters. The first kappa shape index (κ1) is 15.3. The van der Waals surface area contributed by atoms with Crippen LogP contribution in [0.4, 0.5) is 4.79 Å². The number of nitrogens with zero attached hydrogens (tertiary/aromatic N) is 2. The Hall–Kier alpha value is -2.19. The molecule has 24 heavy (non-hydrogen) atoms. The third-order valence-corrected chi connectivity index (χ3v) is 6.93. The lowest BCUT2D eigenvalue weighted by molar-refractivity contribution is 0.186. The summed E-state index contributed by atoms with van der Waals surface area (Å²) in [7, 11) is -3.69. The number of carbonyl (C=O) groups is 1. The first-order valence-corrected chi connectivity index (χ1v) is 9.19. The molecule has 0 radical (unpaired) electrons. The minimum atomic E-state index is -3.69. The first-order chi connectivity index (χ1) is 11.4. The van der Waals surface area contributed by atoms with E-state index in [0.29, 0.717) is 11.9 Å². The van der Waals surface area contributed by atoms with Gasteiger partial charge >= 0.3 is 6.09 Å². The van der Waals surface area contributed by atoms with Crippen LogP contribution in [0.5, 0.6) is 0 Å². The number of nitrogens with one attached hydrogen (secondary N) is 1. The summed E-state index contributed by atoms with van der Waals surface area (Å²) in [5.41, 5.74) is -0.238. The van der Waals surface area contributed by atoms with Gasteiger partial charge in [-0.2, -0.15) is 4.31 Å². The van der Waals surface area contributed by atoms with Gasteiger partial charge in [-0.1, -0.05) is 12.1 Å². The predicted octanol–water partition coefficient (Wildman–Crippen LogP) is 1.66. The first-order valence-electron chi connectivity index (χ1n) is 7.75. The van der Waals surface area contributed by atoms with E-state index in [4.69, 9.17) is 5.11 Å². The number of hydrogen-bond donors (Lipinski definition) is 2. The summed E-state index contributed by atoms with van der Waals surface area (Å²) in [4.78, 5) is 15.3. The fraction of sp³-hybridized carbons (Fsp3) is 0.375. The molecule has 126 valence electrons. The number of carboxylic acid groups (broad SMARTS) is 1. The Morgan fingerprint density at radius 1 is 1.33 bits per heavy atom. The number of rotatable bonds is 3. The van der Waals surface area contributed by atoms with Crippen LogP contribution >= 0.6 is 0 Å². The molecule has 1 saturated carbocycles. The summed E-state index contributed by atoms with van der Waals surface area (Å²) in [6.07, 6.45) is 3.80. The van der Waals surface area contributed by atoms with Crippen molar-refractivity contribution in [1.82, 2.24) is 14.6 Å². The van der Waals surface area contributed by atoms with Gasteiger partial charge in [-0.3, -0.25) is 4.98 Å². The van der Waals surface area contributed by atoms with Crippen molar-refractivity contribution in [2.45, 2.75) is 23.8 Å². The lowest BCUT2D eigenvalue weighted by Crippen LogP contribution is -2.41. The molecule has 1 aliphatic carbocycles. The summed E-state index contributed by atoms with van der Waals surface area (Å²) in [6, 6.07) is 6.46. The fourth-order valence-electron chi connectivity index (χ4n) is 3.58. The number of hydrogen-bond acceptors (Lipinski definition) is 4. The molecule has 1 aliphatic heterocycles. The molecule has 2 N–H and O–H groups in total. The quantitative estimate of drug-likeness (QED) is 0.879. The van der Waals surface area contributed by atoms with Crippen LogP contribution in [-0.2, 0) is 10.0 Å². The van der Waals surface area contributed by atoms with Crippen molar-refractivity contribution in [2.24, 2.45) is 5.41 Å². The van der Waals surface area contributed by atoms with Gasteiger partial charge < -0.3 is 10.4 Å². The van der Waals surface area contributed by atoms with Gasteiger partial charge in [0.15, 0.2) is 0 Å². The average Bonchev–Trinajstić information content (AvgIpc) is 3.24. The lowest BCUT2D eigenvalue weighted by atomic mass is 10.0. The van der Waals surface area contributed by atoms with Crippen LogP contribution in [0.15, 0.2) is 41.6 Å². The summed E-state index contributed by atoms with van der Waals surface area (Å²) < 4.78 is 27.7. The van der Waals surface area contributed by atoms with Gasteiger partial charge in [-0.15, -0.1) is 0 Å². The molecule has 1 aromatic heterocycles. The molecule has 1 spiro atoms. The Bertz CT molecular complexity index is 919. The molecule has 8 heteroatoms. The SMILES string of the molecule is O=C(O)NC1CN(S(=O)(=O)c2cccc3cnccc23)CC12CC2. The van der Waals surface area contributed by atoms with Gasteiger partial charge in [-0.25, -0.2) is 13.2 Å². The highest BCUT2D eigenvalue weighted by molar-refractivity contribution is 7.89. The minimum absolute atomic E-state index is 0.177. The Morgan fingerprint density at radius 3 is 2.83 bits per heavy atom. The fourth-order valence-corrected chi connectivity index (χ4v) is 5.34. The van der Waals surface area contributed by atoms with Crippen LogP contribution in [0.1, 0.15) is 12.8 Å². The summed E-state index contributed by atoms with van der Waals surface area (Å²) in [5.74, 6) is 0. The largest absolute Gasteiger partial charge is 0.465 e. The summed E-state index contributed by atoms with van der Waals surface area (Å²) in [5, 5.41) is 12.9. The molecule has 7 nitrogen and oxygen atoms in total. The lowest BCUT2D eigenvalue weighted by Gasteiger charge is -2.17. The van der Waals surface area contributed by atoms with E-state index in [1.807, 2.05) is 6.07 Å². The molecular weight excluding hydrogens is 330 g/mol. The van der Waals surface area contributed by atoms with Crippen LogP contribution in [0.3, 0.4) is 0 Å². The molecule has 2 heterocycles. The highest BCUT2D eigenvalue weighted by atomic mass is 32.2. The van der Waals surface area contributed by atoms with Crippen LogP contribution in [-0.4, -0.2) is 48.0 Å². The number of sulfonamides is 1. The highest BCUT2D eigenvalue weighted by Crippen LogP contribution is 2.53. The maximum Gasteiger partial charge on any atom is 0.404 e. The number of fused-ring (bicyclic) bond motifs is 1. The topological polar surface area (TPSA) is 99.6 Å². The number of benzene rings is 1. The number of pyridine rings is 1. The van der Waals surface area contributed by atoms with E-state index < -0.39 is 16.1 Å². The Balaban J connectivity index is 1.72. The van der Waals surface area contributed by atoms with Crippen molar-refractivity contribution in [3.63, 3.8) is 0 Å². The zero-order chi connectivity index (χ0) is 16.9. The molecule has 2 aliphatic rings.